The van der Waals surface area contributed by atoms with Crippen LogP contribution < -0.4 is 15.5 Å². The molecule has 3 heterocycles. The van der Waals surface area contributed by atoms with Gasteiger partial charge >= 0.3 is 0 Å². The van der Waals surface area contributed by atoms with Gasteiger partial charge in [0.15, 0.2) is 5.82 Å². The lowest BCUT2D eigenvalue weighted by molar-refractivity contribution is 0.641. The van der Waals surface area contributed by atoms with Crippen LogP contribution in [0.3, 0.4) is 0 Å². The summed E-state index contributed by atoms with van der Waals surface area (Å²) in [6.45, 7) is 4.01. The van der Waals surface area contributed by atoms with Crippen LogP contribution in [0.2, 0.25) is 5.02 Å². The van der Waals surface area contributed by atoms with Crippen molar-refractivity contribution in [3.63, 3.8) is 0 Å². The van der Waals surface area contributed by atoms with E-state index in [1.54, 1.807) is 6.20 Å². The first-order valence-corrected chi connectivity index (χ1v) is 7.26. The minimum Gasteiger partial charge on any atom is -0.353 e. The first-order chi connectivity index (χ1) is 10.3. The van der Waals surface area contributed by atoms with Crippen molar-refractivity contribution < 1.29 is 0 Å². The van der Waals surface area contributed by atoms with Gasteiger partial charge < -0.3 is 15.5 Å². The summed E-state index contributed by atoms with van der Waals surface area (Å²) in [5, 5.41) is 0.594. The summed E-state index contributed by atoms with van der Waals surface area (Å²) < 4.78 is 0. The standard InChI is InChI=1S/C14H17ClN6/c15-12-9-17-10-19-14(12)21-5-3-20(4-6-21)13-2-1-11(7-16)8-18-13/h1-2,8-10H,3-7,16H2. The Bertz CT molecular complexity index is 595. The summed E-state index contributed by atoms with van der Waals surface area (Å²) in [7, 11) is 0. The van der Waals surface area contributed by atoms with Crippen LogP contribution in [0.5, 0.6) is 0 Å². The second kappa shape index (κ2) is 6.24. The summed E-state index contributed by atoms with van der Waals surface area (Å²) >= 11 is 6.14. The second-order valence-electron chi connectivity index (χ2n) is 4.90. The lowest BCUT2D eigenvalue weighted by Crippen LogP contribution is -2.47. The van der Waals surface area contributed by atoms with Crippen LogP contribution in [0.1, 0.15) is 5.56 Å². The van der Waals surface area contributed by atoms with Crippen molar-refractivity contribution in [1.82, 2.24) is 15.0 Å². The van der Waals surface area contributed by atoms with Gasteiger partial charge in [-0.25, -0.2) is 15.0 Å². The van der Waals surface area contributed by atoms with Crippen molar-refractivity contribution in [2.45, 2.75) is 6.54 Å². The molecule has 0 radical (unpaired) electrons. The van der Waals surface area contributed by atoms with E-state index in [0.29, 0.717) is 11.6 Å². The molecule has 110 valence electrons. The van der Waals surface area contributed by atoms with Gasteiger partial charge in [0.2, 0.25) is 0 Å². The highest BCUT2D eigenvalue weighted by Gasteiger charge is 2.20. The molecular weight excluding hydrogens is 288 g/mol. The molecule has 3 rings (SSSR count). The van der Waals surface area contributed by atoms with Crippen molar-refractivity contribution in [2.24, 2.45) is 5.73 Å². The maximum absolute atomic E-state index is 6.14. The van der Waals surface area contributed by atoms with Crippen molar-refractivity contribution in [2.75, 3.05) is 36.0 Å². The summed E-state index contributed by atoms with van der Waals surface area (Å²) in [5.41, 5.74) is 6.64. The number of nitrogens with zero attached hydrogens (tertiary/aromatic N) is 5. The van der Waals surface area contributed by atoms with E-state index in [9.17, 15) is 0 Å². The number of rotatable bonds is 3. The van der Waals surface area contributed by atoms with Gasteiger partial charge in [-0.05, 0) is 11.6 Å². The van der Waals surface area contributed by atoms with Crippen molar-refractivity contribution in [3.8, 4) is 0 Å². The lowest BCUT2D eigenvalue weighted by Gasteiger charge is -2.36. The third-order valence-corrected chi connectivity index (χ3v) is 3.86. The molecule has 0 aromatic carbocycles. The third-order valence-electron chi connectivity index (χ3n) is 3.60. The van der Waals surface area contributed by atoms with E-state index in [2.05, 4.69) is 24.8 Å². The fourth-order valence-corrected chi connectivity index (χ4v) is 2.64. The van der Waals surface area contributed by atoms with Crippen LogP contribution in [0.25, 0.3) is 0 Å². The van der Waals surface area contributed by atoms with E-state index in [0.717, 1.165) is 43.4 Å². The molecule has 0 saturated carbocycles. The minimum atomic E-state index is 0.521. The van der Waals surface area contributed by atoms with Gasteiger partial charge in [-0.1, -0.05) is 17.7 Å². The van der Waals surface area contributed by atoms with Gasteiger partial charge in [0.1, 0.15) is 17.2 Å². The molecule has 0 bridgehead atoms. The second-order valence-corrected chi connectivity index (χ2v) is 5.30. The number of piperazine rings is 1. The third kappa shape index (κ3) is 3.06. The fraction of sp³-hybridized carbons (Fsp3) is 0.357. The Morgan fingerprint density at radius 1 is 1.05 bits per heavy atom. The Morgan fingerprint density at radius 2 is 1.81 bits per heavy atom. The monoisotopic (exact) mass is 304 g/mol. The quantitative estimate of drug-likeness (QED) is 0.922. The van der Waals surface area contributed by atoms with Crippen LogP contribution in [0.15, 0.2) is 30.9 Å². The van der Waals surface area contributed by atoms with E-state index < -0.39 is 0 Å². The summed E-state index contributed by atoms with van der Waals surface area (Å²) in [6, 6.07) is 4.05. The molecule has 6 nitrogen and oxygen atoms in total. The molecule has 0 spiro atoms. The van der Waals surface area contributed by atoms with E-state index in [4.69, 9.17) is 17.3 Å². The molecule has 2 aromatic rings. The number of hydrogen-bond donors (Lipinski definition) is 1. The lowest BCUT2D eigenvalue weighted by atomic mass is 10.2. The Morgan fingerprint density at radius 3 is 2.43 bits per heavy atom. The van der Waals surface area contributed by atoms with Crippen LogP contribution in [0, 0.1) is 0 Å². The zero-order valence-electron chi connectivity index (χ0n) is 11.6. The van der Waals surface area contributed by atoms with E-state index >= 15 is 0 Å². The highest BCUT2D eigenvalue weighted by atomic mass is 35.5. The zero-order chi connectivity index (χ0) is 14.7. The highest BCUT2D eigenvalue weighted by Crippen LogP contribution is 2.23. The highest BCUT2D eigenvalue weighted by molar-refractivity contribution is 6.32. The fourth-order valence-electron chi connectivity index (χ4n) is 2.41. The molecular formula is C14H17ClN6. The normalized spacial score (nSPS) is 15.3. The smallest absolute Gasteiger partial charge is 0.150 e. The first-order valence-electron chi connectivity index (χ1n) is 6.88. The molecule has 0 aliphatic carbocycles. The minimum absolute atomic E-state index is 0.521. The predicted octanol–water partition coefficient (Wildman–Crippen LogP) is 1.31. The van der Waals surface area contributed by atoms with Crippen LogP contribution >= 0.6 is 11.6 Å². The van der Waals surface area contributed by atoms with Gasteiger partial charge in [0, 0.05) is 38.9 Å². The number of aromatic nitrogens is 3. The average Bonchev–Trinajstić information content (AvgIpc) is 2.56. The SMILES string of the molecule is NCc1ccc(N2CCN(c3ncncc3Cl)CC2)nc1. The molecule has 1 aliphatic heterocycles. The molecule has 21 heavy (non-hydrogen) atoms. The molecule has 2 N–H and O–H groups in total. The number of pyridine rings is 1. The maximum Gasteiger partial charge on any atom is 0.150 e. The van der Waals surface area contributed by atoms with Gasteiger partial charge in [-0.15, -0.1) is 0 Å². The molecule has 1 saturated heterocycles. The van der Waals surface area contributed by atoms with Crippen molar-refractivity contribution >= 4 is 23.2 Å². The summed E-state index contributed by atoms with van der Waals surface area (Å²) in [4.78, 5) is 17.1. The zero-order valence-corrected chi connectivity index (χ0v) is 12.4. The summed E-state index contributed by atoms with van der Waals surface area (Å²) in [5.74, 6) is 1.79. The van der Waals surface area contributed by atoms with Crippen molar-refractivity contribution in [1.29, 1.82) is 0 Å². The number of halogens is 1. The van der Waals surface area contributed by atoms with Crippen LogP contribution in [-0.4, -0.2) is 41.1 Å². The Kier molecular flexibility index (Phi) is 4.17. The average molecular weight is 305 g/mol. The largest absolute Gasteiger partial charge is 0.353 e. The van der Waals surface area contributed by atoms with Gasteiger partial charge in [0.05, 0.1) is 6.20 Å². The molecule has 1 fully saturated rings. The van der Waals surface area contributed by atoms with Crippen LogP contribution in [-0.2, 0) is 6.54 Å². The predicted molar refractivity (Wildman–Crippen MR) is 83.6 cm³/mol. The Balaban J connectivity index is 1.66. The topological polar surface area (TPSA) is 71.2 Å². The molecule has 2 aromatic heterocycles. The number of anilines is 2. The molecule has 0 unspecified atom stereocenters. The molecule has 0 amide bonds. The number of hydrogen-bond acceptors (Lipinski definition) is 6. The van der Waals surface area contributed by atoms with Crippen molar-refractivity contribution in [3.05, 3.63) is 41.4 Å². The van der Waals surface area contributed by atoms with E-state index in [-0.39, 0.29) is 0 Å². The van der Waals surface area contributed by atoms with Gasteiger partial charge in [-0.2, -0.15) is 0 Å². The molecule has 1 aliphatic rings. The van der Waals surface area contributed by atoms with Crippen LogP contribution in [0.4, 0.5) is 11.6 Å². The number of nitrogens with two attached hydrogens (primary N) is 1. The summed E-state index contributed by atoms with van der Waals surface area (Å²) in [6.07, 6.45) is 4.99. The van der Waals surface area contributed by atoms with E-state index in [1.165, 1.54) is 6.33 Å². The Labute approximate surface area is 128 Å². The molecule has 7 heteroatoms. The Hall–Kier alpha value is -1.92. The maximum atomic E-state index is 6.14. The van der Waals surface area contributed by atoms with Gasteiger partial charge in [-0.3, -0.25) is 0 Å². The first kappa shape index (κ1) is 14.0. The van der Waals surface area contributed by atoms with Gasteiger partial charge in [0.25, 0.3) is 0 Å². The van der Waals surface area contributed by atoms with E-state index in [1.807, 2.05) is 18.3 Å². The molecule has 0 atom stereocenters.